The second-order valence-electron chi connectivity index (χ2n) is 7.65. The minimum atomic E-state index is -3.83. The number of rotatable bonds is 8. The third-order valence-corrected chi connectivity index (χ3v) is 7.22. The Bertz CT molecular complexity index is 1260. The van der Waals surface area contributed by atoms with Crippen molar-refractivity contribution < 1.29 is 22.7 Å². The van der Waals surface area contributed by atoms with E-state index >= 15 is 0 Å². The van der Waals surface area contributed by atoms with Gasteiger partial charge in [0.05, 0.1) is 16.1 Å². The highest BCUT2D eigenvalue weighted by Crippen LogP contribution is 2.32. The SMILES string of the molecule is O=C(COC(=O)c1cccc(S(=O)(=O)N2CCc3ccccc32)c1)NCCc1ccccc1. The number of carbonyl (C=O) groups excluding carboxylic acids is 2. The Morgan fingerprint density at radius 1 is 0.939 bits per heavy atom. The lowest BCUT2D eigenvalue weighted by atomic mass is 10.1. The van der Waals surface area contributed by atoms with Gasteiger partial charge < -0.3 is 10.1 Å². The van der Waals surface area contributed by atoms with E-state index in [4.69, 9.17) is 4.74 Å². The average Bonchev–Trinajstić information content (AvgIpc) is 3.28. The molecule has 1 aliphatic heterocycles. The number of nitrogens with zero attached hydrogens (tertiary/aromatic N) is 1. The normalized spacial score (nSPS) is 12.8. The van der Waals surface area contributed by atoms with Crippen LogP contribution in [-0.4, -0.2) is 40.0 Å². The van der Waals surface area contributed by atoms with Gasteiger partial charge in [0, 0.05) is 13.1 Å². The van der Waals surface area contributed by atoms with E-state index in [1.807, 2.05) is 42.5 Å². The quantitative estimate of drug-likeness (QED) is 0.518. The third-order valence-electron chi connectivity index (χ3n) is 5.42. The molecule has 0 atom stereocenters. The van der Waals surface area contributed by atoms with Gasteiger partial charge in [0.1, 0.15) is 0 Å². The molecule has 4 rings (SSSR count). The van der Waals surface area contributed by atoms with Crippen molar-refractivity contribution in [3.8, 4) is 0 Å². The van der Waals surface area contributed by atoms with Gasteiger partial charge in [-0.15, -0.1) is 0 Å². The van der Waals surface area contributed by atoms with E-state index in [0.29, 0.717) is 31.6 Å². The highest BCUT2D eigenvalue weighted by molar-refractivity contribution is 7.92. The van der Waals surface area contributed by atoms with Gasteiger partial charge in [0.2, 0.25) is 0 Å². The zero-order valence-electron chi connectivity index (χ0n) is 17.9. The van der Waals surface area contributed by atoms with E-state index in [9.17, 15) is 18.0 Å². The van der Waals surface area contributed by atoms with Gasteiger partial charge in [-0.1, -0.05) is 54.6 Å². The maximum absolute atomic E-state index is 13.2. The molecule has 7 nitrogen and oxygen atoms in total. The Labute approximate surface area is 193 Å². The fourth-order valence-corrected chi connectivity index (χ4v) is 5.27. The van der Waals surface area contributed by atoms with Crippen LogP contribution in [0, 0.1) is 0 Å². The Morgan fingerprint density at radius 3 is 2.52 bits per heavy atom. The molecule has 0 saturated carbocycles. The molecule has 1 amide bonds. The summed E-state index contributed by atoms with van der Waals surface area (Å²) in [6.45, 7) is 0.328. The number of sulfonamides is 1. The molecule has 0 aliphatic carbocycles. The second-order valence-corrected chi connectivity index (χ2v) is 9.51. The number of hydrogen-bond acceptors (Lipinski definition) is 5. The first kappa shape index (κ1) is 22.5. The predicted octanol–water partition coefficient (Wildman–Crippen LogP) is 2.95. The van der Waals surface area contributed by atoms with E-state index in [0.717, 1.165) is 11.1 Å². The summed E-state index contributed by atoms with van der Waals surface area (Å²) in [6, 6.07) is 22.7. The Hall–Kier alpha value is -3.65. The molecule has 3 aromatic carbocycles. The summed E-state index contributed by atoms with van der Waals surface area (Å²) in [7, 11) is -3.83. The van der Waals surface area contributed by atoms with Crippen molar-refractivity contribution >= 4 is 27.6 Å². The lowest BCUT2D eigenvalue weighted by molar-refractivity contribution is -0.124. The first-order valence-corrected chi connectivity index (χ1v) is 12.1. The zero-order valence-corrected chi connectivity index (χ0v) is 18.8. The number of ether oxygens (including phenoxy) is 1. The molecule has 1 heterocycles. The van der Waals surface area contributed by atoms with E-state index in [1.165, 1.54) is 28.6 Å². The summed E-state index contributed by atoms with van der Waals surface area (Å²) in [5, 5.41) is 2.70. The van der Waals surface area contributed by atoms with E-state index in [2.05, 4.69) is 5.32 Å². The van der Waals surface area contributed by atoms with Crippen molar-refractivity contribution in [2.45, 2.75) is 17.7 Å². The van der Waals surface area contributed by atoms with E-state index < -0.39 is 28.5 Å². The number of esters is 1. The first-order valence-electron chi connectivity index (χ1n) is 10.6. The molecule has 1 aliphatic rings. The van der Waals surface area contributed by atoms with Crippen LogP contribution in [-0.2, 0) is 32.4 Å². The summed E-state index contributed by atoms with van der Waals surface area (Å²) in [5.74, 6) is -1.18. The van der Waals surface area contributed by atoms with E-state index in [1.54, 1.807) is 12.1 Å². The number of anilines is 1. The number of para-hydroxylation sites is 1. The van der Waals surface area contributed by atoms with Crippen LogP contribution in [0.25, 0.3) is 0 Å². The lowest BCUT2D eigenvalue weighted by Gasteiger charge is -2.19. The number of nitrogens with one attached hydrogen (secondary N) is 1. The van der Waals surface area contributed by atoms with Gasteiger partial charge >= 0.3 is 5.97 Å². The molecule has 0 fully saturated rings. The van der Waals surface area contributed by atoms with Crippen LogP contribution in [0.2, 0.25) is 0 Å². The standard InChI is InChI=1S/C25H24N2O5S/c28-24(26-15-13-19-7-2-1-3-8-19)18-32-25(29)21-10-6-11-22(17-21)33(30,31)27-16-14-20-9-4-5-12-23(20)27/h1-12,17H,13-16,18H2,(H,26,28). The van der Waals surface area contributed by atoms with Gasteiger partial charge in [-0.3, -0.25) is 9.10 Å². The zero-order chi connectivity index (χ0) is 23.3. The Kier molecular flexibility index (Phi) is 6.74. The molecule has 0 spiro atoms. The number of hydrogen-bond donors (Lipinski definition) is 1. The molecule has 170 valence electrons. The first-order chi connectivity index (χ1) is 15.9. The fraction of sp³-hybridized carbons (Fsp3) is 0.200. The number of benzene rings is 3. The van der Waals surface area contributed by atoms with Crippen LogP contribution < -0.4 is 9.62 Å². The van der Waals surface area contributed by atoms with Gasteiger partial charge in [-0.25, -0.2) is 13.2 Å². The highest BCUT2D eigenvalue weighted by Gasteiger charge is 2.31. The van der Waals surface area contributed by atoms with Crippen molar-refractivity contribution in [2.24, 2.45) is 0 Å². The van der Waals surface area contributed by atoms with Crippen molar-refractivity contribution in [1.82, 2.24) is 5.32 Å². The maximum Gasteiger partial charge on any atom is 0.338 e. The summed E-state index contributed by atoms with van der Waals surface area (Å²) in [5.41, 5.74) is 2.78. The van der Waals surface area contributed by atoms with Crippen LogP contribution in [0.1, 0.15) is 21.5 Å². The van der Waals surface area contributed by atoms with Crippen LogP contribution in [0.3, 0.4) is 0 Å². The molecule has 3 aromatic rings. The smallest absolute Gasteiger partial charge is 0.338 e. The Morgan fingerprint density at radius 2 is 1.70 bits per heavy atom. The van der Waals surface area contributed by atoms with Crippen LogP contribution in [0.4, 0.5) is 5.69 Å². The predicted molar refractivity (Wildman–Crippen MR) is 125 cm³/mol. The van der Waals surface area contributed by atoms with Gasteiger partial charge in [0.15, 0.2) is 6.61 Å². The Balaban J connectivity index is 1.35. The molecular formula is C25H24N2O5S. The number of fused-ring (bicyclic) bond motifs is 1. The largest absolute Gasteiger partial charge is 0.452 e. The van der Waals surface area contributed by atoms with E-state index in [-0.39, 0.29) is 10.5 Å². The molecule has 8 heteroatoms. The third kappa shape index (κ3) is 5.23. The minimum Gasteiger partial charge on any atom is -0.452 e. The summed E-state index contributed by atoms with van der Waals surface area (Å²) in [4.78, 5) is 24.4. The molecule has 0 aromatic heterocycles. The number of amides is 1. The van der Waals surface area contributed by atoms with Crippen LogP contribution in [0.15, 0.2) is 83.8 Å². The van der Waals surface area contributed by atoms with Crippen molar-refractivity contribution in [1.29, 1.82) is 0 Å². The molecule has 0 saturated heterocycles. The summed E-state index contributed by atoms with van der Waals surface area (Å²) < 4.78 is 32.8. The maximum atomic E-state index is 13.2. The molecule has 0 unspecified atom stereocenters. The van der Waals surface area contributed by atoms with Gasteiger partial charge in [0.25, 0.3) is 15.9 Å². The van der Waals surface area contributed by atoms with Gasteiger partial charge in [-0.05, 0) is 48.2 Å². The molecule has 1 N–H and O–H groups in total. The monoisotopic (exact) mass is 464 g/mol. The van der Waals surface area contributed by atoms with Gasteiger partial charge in [-0.2, -0.15) is 0 Å². The van der Waals surface area contributed by atoms with Crippen molar-refractivity contribution in [3.63, 3.8) is 0 Å². The van der Waals surface area contributed by atoms with Crippen molar-refractivity contribution in [3.05, 3.63) is 95.6 Å². The highest BCUT2D eigenvalue weighted by atomic mass is 32.2. The lowest BCUT2D eigenvalue weighted by Crippen LogP contribution is -2.30. The summed E-state index contributed by atoms with van der Waals surface area (Å²) >= 11 is 0. The molecule has 0 radical (unpaired) electrons. The topological polar surface area (TPSA) is 92.8 Å². The molecule has 0 bridgehead atoms. The minimum absolute atomic E-state index is 0.000894. The average molecular weight is 465 g/mol. The number of carbonyl (C=O) groups is 2. The van der Waals surface area contributed by atoms with Crippen LogP contribution >= 0.6 is 0 Å². The molecule has 33 heavy (non-hydrogen) atoms. The molecular weight excluding hydrogens is 440 g/mol. The van der Waals surface area contributed by atoms with Crippen molar-refractivity contribution in [2.75, 3.05) is 24.0 Å². The summed E-state index contributed by atoms with van der Waals surface area (Å²) in [6.07, 6.45) is 1.30. The van der Waals surface area contributed by atoms with Crippen LogP contribution in [0.5, 0.6) is 0 Å². The fourth-order valence-electron chi connectivity index (χ4n) is 3.72. The second kappa shape index (κ2) is 9.87.